The number of benzene rings is 2. The van der Waals surface area contributed by atoms with E-state index in [9.17, 15) is 14.4 Å². The van der Waals surface area contributed by atoms with Crippen LogP contribution in [0.3, 0.4) is 0 Å². The van der Waals surface area contributed by atoms with Gasteiger partial charge in [0.2, 0.25) is 0 Å². The van der Waals surface area contributed by atoms with E-state index in [2.05, 4.69) is 5.32 Å². The molecule has 1 amide bonds. The van der Waals surface area contributed by atoms with Gasteiger partial charge in [-0.1, -0.05) is 42.5 Å². The first-order valence-corrected chi connectivity index (χ1v) is 10.6. The van der Waals surface area contributed by atoms with Crippen molar-refractivity contribution in [1.29, 1.82) is 0 Å². The van der Waals surface area contributed by atoms with Gasteiger partial charge in [-0.05, 0) is 26.8 Å². The number of fused-ring (bicyclic) bond motifs is 5. The van der Waals surface area contributed by atoms with E-state index in [0.29, 0.717) is 40.7 Å². The van der Waals surface area contributed by atoms with E-state index in [1.165, 1.54) is 0 Å². The molecule has 3 aromatic rings. The molecular weight excluding hydrogens is 408 g/mol. The van der Waals surface area contributed by atoms with Gasteiger partial charge < -0.3 is 19.4 Å². The summed E-state index contributed by atoms with van der Waals surface area (Å²) < 4.78 is 12.5. The molecule has 1 heterocycles. The molecule has 0 saturated heterocycles. The molecule has 0 bridgehead atoms. The number of ketones is 1. The van der Waals surface area contributed by atoms with Crippen LogP contribution in [0.4, 0.5) is 4.79 Å². The lowest BCUT2D eigenvalue weighted by atomic mass is 10.0. The van der Waals surface area contributed by atoms with Crippen LogP contribution in [0.15, 0.2) is 53.3 Å². The largest absolute Gasteiger partial charge is 0.444 e. The molecule has 2 aromatic carbocycles. The number of hydrogen-bond donors (Lipinski definition) is 1. The van der Waals surface area contributed by atoms with Crippen molar-refractivity contribution < 1.29 is 19.1 Å². The van der Waals surface area contributed by atoms with Crippen LogP contribution in [0.5, 0.6) is 0 Å². The SMILES string of the molecule is CC(C)(C)OC(=O)NCCOCCn1c2c(c3ccccc3c1=O)C(=O)c1ccccc1-2. The summed E-state index contributed by atoms with van der Waals surface area (Å²) in [5.41, 5.74) is 1.87. The Balaban J connectivity index is 1.52. The Hall–Kier alpha value is -3.45. The van der Waals surface area contributed by atoms with Gasteiger partial charge in [0.25, 0.3) is 5.56 Å². The summed E-state index contributed by atoms with van der Waals surface area (Å²) in [6, 6.07) is 14.6. The van der Waals surface area contributed by atoms with Gasteiger partial charge in [-0.3, -0.25) is 9.59 Å². The molecule has 1 aliphatic rings. The molecule has 7 nitrogen and oxygen atoms in total. The highest BCUT2D eigenvalue weighted by Gasteiger charge is 2.32. The zero-order chi connectivity index (χ0) is 22.9. The topological polar surface area (TPSA) is 86.6 Å². The summed E-state index contributed by atoms with van der Waals surface area (Å²) in [6.45, 7) is 6.51. The van der Waals surface area contributed by atoms with Gasteiger partial charge >= 0.3 is 6.09 Å². The van der Waals surface area contributed by atoms with E-state index < -0.39 is 11.7 Å². The minimum atomic E-state index is -0.559. The van der Waals surface area contributed by atoms with Gasteiger partial charge in [-0.25, -0.2) is 4.79 Å². The van der Waals surface area contributed by atoms with E-state index in [4.69, 9.17) is 9.47 Å². The number of aromatic nitrogens is 1. The lowest BCUT2D eigenvalue weighted by molar-refractivity contribution is 0.0497. The average Bonchev–Trinajstić information content (AvgIpc) is 3.04. The van der Waals surface area contributed by atoms with Crippen LogP contribution in [0.25, 0.3) is 22.0 Å². The number of amides is 1. The van der Waals surface area contributed by atoms with Gasteiger partial charge in [0.15, 0.2) is 5.78 Å². The molecule has 1 aromatic heterocycles. The van der Waals surface area contributed by atoms with Gasteiger partial charge in [0.1, 0.15) is 5.60 Å². The molecule has 1 aliphatic carbocycles. The first kappa shape index (κ1) is 21.8. The second kappa shape index (κ2) is 8.59. The normalized spacial score (nSPS) is 12.5. The molecule has 0 radical (unpaired) electrons. The van der Waals surface area contributed by atoms with Crippen LogP contribution in [-0.4, -0.2) is 41.8 Å². The Morgan fingerprint density at radius 3 is 2.31 bits per heavy atom. The third-order valence-electron chi connectivity index (χ3n) is 5.21. The fourth-order valence-corrected chi connectivity index (χ4v) is 3.94. The number of hydrogen-bond acceptors (Lipinski definition) is 5. The Kier molecular flexibility index (Phi) is 5.84. The molecule has 7 heteroatoms. The van der Waals surface area contributed by atoms with E-state index in [-0.39, 0.29) is 24.6 Å². The fraction of sp³-hybridized carbons (Fsp3) is 0.320. The number of nitrogens with zero attached hydrogens (tertiary/aromatic N) is 1. The molecule has 0 atom stereocenters. The molecular formula is C25H26N2O5. The minimum absolute atomic E-state index is 0.0666. The predicted molar refractivity (Wildman–Crippen MR) is 122 cm³/mol. The van der Waals surface area contributed by atoms with Crippen molar-refractivity contribution in [3.8, 4) is 11.3 Å². The summed E-state index contributed by atoms with van der Waals surface area (Å²) in [4.78, 5) is 38.1. The maximum Gasteiger partial charge on any atom is 0.407 e. The lowest BCUT2D eigenvalue weighted by Gasteiger charge is -2.19. The van der Waals surface area contributed by atoms with Crippen molar-refractivity contribution in [3.63, 3.8) is 0 Å². The minimum Gasteiger partial charge on any atom is -0.444 e. The Labute approximate surface area is 186 Å². The van der Waals surface area contributed by atoms with E-state index in [1.54, 1.807) is 43.5 Å². The van der Waals surface area contributed by atoms with Crippen LogP contribution >= 0.6 is 0 Å². The van der Waals surface area contributed by atoms with Crippen molar-refractivity contribution in [1.82, 2.24) is 9.88 Å². The molecule has 0 spiro atoms. The average molecular weight is 434 g/mol. The zero-order valence-corrected chi connectivity index (χ0v) is 18.4. The van der Waals surface area contributed by atoms with Crippen LogP contribution in [0.2, 0.25) is 0 Å². The van der Waals surface area contributed by atoms with Crippen LogP contribution < -0.4 is 10.9 Å². The summed E-state index contributed by atoms with van der Waals surface area (Å²) in [7, 11) is 0. The zero-order valence-electron chi connectivity index (χ0n) is 18.4. The van der Waals surface area contributed by atoms with Crippen molar-refractivity contribution in [3.05, 3.63) is 70.0 Å². The maximum atomic E-state index is 13.3. The summed E-state index contributed by atoms with van der Waals surface area (Å²) in [6.07, 6.45) is -0.500. The maximum absolute atomic E-state index is 13.3. The van der Waals surface area contributed by atoms with Crippen LogP contribution in [-0.2, 0) is 16.0 Å². The molecule has 0 fully saturated rings. The van der Waals surface area contributed by atoms with Gasteiger partial charge in [0, 0.05) is 35.0 Å². The standard InChI is InChI=1S/C25H26N2O5/c1-25(2,3)32-24(30)26-12-14-31-15-13-27-21-17-9-5-6-10-18(17)22(28)20(21)16-8-4-7-11-19(16)23(27)29/h4-11H,12-15H2,1-3H3,(H,26,30). The molecule has 0 saturated carbocycles. The highest BCUT2D eigenvalue weighted by Crippen LogP contribution is 2.38. The first-order chi connectivity index (χ1) is 15.3. The van der Waals surface area contributed by atoms with Crippen molar-refractivity contribution >= 4 is 22.6 Å². The van der Waals surface area contributed by atoms with Crippen molar-refractivity contribution in [2.75, 3.05) is 19.8 Å². The molecule has 1 N–H and O–H groups in total. The Morgan fingerprint density at radius 2 is 1.59 bits per heavy atom. The molecule has 0 unspecified atom stereocenters. The second-order valence-corrected chi connectivity index (χ2v) is 8.64. The van der Waals surface area contributed by atoms with Gasteiger partial charge in [-0.2, -0.15) is 0 Å². The third-order valence-corrected chi connectivity index (χ3v) is 5.21. The lowest BCUT2D eigenvalue weighted by Crippen LogP contribution is -2.34. The van der Waals surface area contributed by atoms with Crippen molar-refractivity contribution in [2.45, 2.75) is 32.9 Å². The highest BCUT2D eigenvalue weighted by atomic mass is 16.6. The number of carbonyl (C=O) groups is 2. The van der Waals surface area contributed by atoms with Gasteiger partial charge in [-0.15, -0.1) is 0 Å². The number of ether oxygens (including phenoxy) is 2. The first-order valence-electron chi connectivity index (χ1n) is 10.6. The molecule has 4 rings (SSSR count). The van der Waals surface area contributed by atoms with E-state index in [0.717, 1.165) is 5.56 Å². The number of nitrogens with one attached hydrogen (secondary N) is 1. The molecule has 166 valence electrons. The van der Waals surface area contributed by atoms with E-state index in [1.807, 2.05) is 30.3 Å². The Bertz CT molecular complexity index is 1250. The van der Waals surface area contributed by atoms with Crippen LogP contribution in [0, 0.1) is 0 Å². The van der Waals surface area contributed by atoms with Gasteiger partial charge in [0.05, 0.1) is 24.5 Å². The number of carbonyl (C=O) groups excluding carboxylic acids is 2. The monoisotopic (exact) mass is 434 g/mol. The summed E-state index contributed by atoms with van der Waals surface area (Å²) in [5.74, 6) is -0.0666. The van der Waals surface area contributed by atoms with E-state index >= 15 is 0 Å². The number of rotatable bonds is 6. The fourth-order valence-electron chi connectivity index (χ4n) is 3.94. The number of alkyl carbamates (subject to hydrolysis) is 1. The molecule has 32 heavy (non-hydrogen) atoms. The smallest absolute Gasteiger partial charge is 0.407 e. The van der Waals surface area contributed by atoms with Crippen molar-refractivity contribution in [2.24, 2.45) is 0 Å². The Morgan fingerprint density at radius 1 is 0.938 bits per heavy atom. The number of pyridine rings is 1. The quantitative estimate of drug-likeness (QED) is 0.467. The molecule has 0 aliphatic heterocycles. The van der Waals surface area contributed by atoms with Crippen LogP contribution in [0.1, 0.15) is 36.7 Å². The summed E-state index contributed by atoms with van der Waals surface area (Å²) >= 11 is 0. The highest BCUT2D eigenvalue weighted by molar-refractivity contribution is 6.26. The predicted octanol–water partition coefficient (Wildman–Crippen LogP) is 3.75. The second-order valence-electron chi connectivity index (χ2n) is 8.64. The third kappa shape index (κ3) is 4.16. The summed E-state index contributed by atoms with van der Waals surface area (Å²) in [5, 5.41) is 3.82.